The molecule has 2 N–H and O–H groups in total. The second kappa shape index (κ2) is 10.4. The Kier molecular flexibility index (Phi) is 6.86. The molecule has 0 aliphatic carbocycles. The Balaban J connectivity index is 1.45. The van der Waals surface area contributed by atoms with Crippen molar-refractivity contribution in [2.75, 3.05) is 36.9 Å². The Morgan fingerprint density at radius 1 is 1.14 bits per heavy atom. The molecule has 4 aromatic heterocycles. The molecule has 1 aromatic carbocycles. The largest absolute Gasteiger partial charge is 0.384 e. The SMILES string of the molecule is C=CCn1c(=O)c2cnc(Nc3cc(N4CCN(C)[C@@H](C)C4)c4ccn(C)c4c3)nc2n1-c1cccc(C(C)(C)O)n1. The van der Waals surface area contributed by atoms with E-state index in [1.165, 1.54) is 15.8 Å². The van der Waals surface area contributed by atoms with Crippen LogP contribution in [0.15, 0.2) is 66.2 Å². The molecule has 218 valence electrons. The van der Waals surface area contributed by atoms with Crippen LogP contribution >= 0.6 is 0 Å². The van der Waals surface area contributed by atoms with Crippen molar-refractivity contribution in [3.63, 3.8) is 0 Å². The van der Waals surface area contributed by atoms with E-state index >= 15 is 0 Å². The molecule has 1 atom stereocenters. The van der Waals surface area contributed by atoms with Crippen molar-refractivity contribution in [3.05, 3.63) is 77.5 Å². The monoisotopic (exact) mass is 567 g/mol. The van der Waals surface area contributed by atoms with Crippen LogP contribution in [0.5, 0.6) is 0 Å². The fourth-order valence-corrected chi connectivity index (χ4v) is 5.57. The summed E-state index contributed by atoms with van der Waals surface area (Å²) >= 11 is 0. The molecule has 42 heavy (non-hydrogen) atoms. The highest BCUT2D eigenvalue weighted by molar-refractivity contribution is 5.96. The number of nitrogens with zero attached hydrogens (tertiary/aromatic N) is 8. The molecular formula is C31H37N9O2. The third-order valence-corrected chi connectivity index (χ3v) is 8.09. The van der Waals surface area contributed by atoms with Crippen LogP contribution in [0.3, 0.4) is 0 Å². The van der Waals surface area contributed by atoms with E-state index in [4.69, 9.17) is 4.98 Å². The summed E-state index contributed by atoms with van der Waals surface area (Å²) in [4.78, 5) is 32.2. The lowest BCUT2D eigenvalue weighted by atomic mass is 10.1. The Morgan fingerprint density at radius 2 is 1.95 bits per heavy atom. The summed E-state index contributed by atoms with van der Waals surface area (Å²) in [7, 11) is 4.21. The highest BCUT2D eigenvalue weighted by Crippen LogP contribution is 2.34. The summed E-state index contributed by atoms with van der Waals surface area (Å²) in [5.74, 6) is 0.821. The fourth-order valence-electron chi connectivity index (χ4n) is 5.57. The molecule has 5 aromatic rings. The predicted octanol–water partition coefficient (Wildman–Crippen LogP) is 3.77. The Hall–Kier alpha value is -4.48. The first-order valence-corrected chi connectivity index (χ1v) is 14.2. The minimum absolute atomic E-state index is 0.247. The van der Waals surface area contributed by atoms with Crippen LogP contribution in [0, 0.1) is 0 Å². The van der Waals surface area contributed by atoms with Crippen LogP contribution in [0.1, 0.15) is 26.5 Å². The molecule has 5 heterocycles. The highest BCUT2D eigenvalue weighted by atomic mass is 16.3. The maximum atomic E-state index is 13.4. The minimum atomic E-state index is -1.15. The number of piperazine rings is 1. The van der Waals surface area contributed by atoms with Gasteiger partial charge in [0, 0.05) is 61.9 Å². The van der Waals surface area contributed by atoms with Gasteiger partial charge in [-0.05, 0) is 58.2 Å². The summed E-state index contributed by atoms with van der Waals surface area (Å²) in [5.41, 5.74) is 2.61. The van der Waals surface area contributed by atoms with Crippen molar-refractivity contribution in [1.82, 2.24) is 33.8 Å². The third-order valence-electron chi connectivity index (χ3n) is 8.09. The smallest absolute Gasteiger partial charge is 0.278 e. The number of likely N-dealkylation sites (N-methyl/N-ethyl adjacent to an activating group) is 1. The summed E-state index contributed by atoms with van der Waals surface area (Å²) in [6.07, 6.45) is 5.28. The second-order valence-electron chi connectivity index (χ2n) is 11.6. The zero-order chi connectivity index (χ0) is 29.8. The zero-order valence-electron chi connectivity index (χ0n) is 24.7. The van der Waals surface area contributed by atoms with Gasteiger partial charge in [0.05, 0.1) is 17.8 Å². The topological polar surface area (TPSA) is 109 Å². The second-order valence-corrected chi connectivity index (χ2v) is 11.6. The van der Waals surface area contributed by atoms with Gasteiger partial charge in [-0.3, -0.25) is 4.79 Å². The first kappa shape index (κ1) is 27.7. The van der Waals surface area contributed by atoms with Gasteiger partial charge in [-0.2, -0.15) is 4.98 Å². The molecule has 1 saturated heterocycles. The number of rotatable bonds is 7. The van der Waals surface area contributed by atoms with Crippen molar-refractivity contribution in [1.29, 1.82) is 0 Å². The van der Waals surface area contributed by atoms with Gasteiger partial charge in [0.15, 0.2) is 11.5 Å². The molecule has 0 amide bonds. The average molecular weight is 568 g/mol. The lowest BCUT2D eigenvalue weighted by molar-refractivity contribution is 0.0738. The summed E-state index contributed by atoms with van der Waals surface area (Å²) < 4.78 is 5.30. The number of nitrogens with one attached hydrogen (secondary N) is 1. The van der Waals surface area contributed by atoms with Gasteiger partial charge in [-0.15, -0.1) is 6.58 Å². The van der Waals surface area contributed by atoms with E-state index in [-0.39, 0.29) is 12.1 Å². The standard InChI is InChI=1S/C31H37N9O2/c1-7-12-39-29(41)23-18-32-30(35-28(23)40(39)27-10-8-9-26(34-27)31(3,4)42)33-21-16-24-22(11-13-37(24)6)25(17-21)38-15-14-36(5)20(2)19-38/h7-11,13,16-18,20,42H,1,12,14-15,19H2,2-6H3,(H,32,33,35)/t20-/m0/s1. The Bertz CT molecular complexity index is 1860. The molecule has 1 fully saturated rings. The minimum Gasteiger partial charge on any atom is -0.384 e. The third kappa shape index (κ3) is 4.84. The summed E-state index contributed by atoms with van der Waals surface area (Å²) in [6.45, 7) is 12.6. The number of aryl methyl sites for hydroxylation is 1. The molecule has 0 radical (unpaired) electrons. The molecule has 1 aliphatic heterocycles. The molecule has 11 heteroatoms. The number of hydrogen-bond acceptors (Lipinski definition) is 8. The van der Waals surface area contributed by atoms with Crippen molar-refractivity contribution in [2.24, 2.45) is 7.05 Å². The Labute approximate surface area is 244 Å². The number of allylic oxidation sites excluding steroid dienone is 1. The van der Waals surface area contributed by atoms with E-state index < -0.39 is 5.60 Å². The molecule has 0 spiro atoms. The fraction of sp³-hybridized carbons (Fsp3) is 0.355. The van der Waals surface area contributed by atoms with Crippen molar-refractivity contribution < 1.29 is 5.11 Å². The van der Waals surface area contributed by atoms with Crippen LogP contribution in [0.25, 0.3) is 27.8 Å². The predicted molar refractivity (Wildman–Crippen MR) is 167 cm³/mol. The van der Waals surface area contributed by atoms with Crippen molar-refractivity contribution >= 4 is 39.3 Å². The lowest BCUT2D eigenvalue weighted by Gasteiger charge is -2.39. The molecule has 11 nitrogen and oxygen atoms in total. The van der Waals surface area contributed by atoms with Gasteiger partial charge in [0.1, 0.15) is 11.0 Å². The van der Waals surface area contributed by atoms with Gasteiger partial charge in [0.2, 0.25) is 5.95 Å². The highest BCUT2D eigenvalue weighted by Gasteiger charge is 2.24. The van der Waals surface area contributed by atoms with E-state index in [0.717, 1.165) is 30.8 Å². The van der Waals surface area contributed by atoms with E-state index in [0.29, 0.717) is 34.5 Å². The van der Waals surface area contributed by atoms with Crippen LogP contribution < -0.4 is 15.8 Å². The number of fused-ring (bicyclic) bond motifs is 2. The molecular weight excluding hydrogens is 530 g/mol. The summed E-state index contributed by atoms with van der Waals surface area (Å²) in [5, 5.41) is 15.5. The maximum absolute atomic E-state index is 13.4. The van der Waals surface area contributed by atoms with Gasteiger partial charge >= 0.3 is 0 Å². The number of anilines is 3. The van der Waals surface area contributed by atoms with Gasteiger partial charge in [-0.1, -0.05) is 12.1 Å². The van der Waals surface area contributed by atoms with Gasteiger partial charge in [0.25, 0.3) is 5.56 Å². The van der Waals surface area contributed by atoms with E-state index in [1.54, 1.807) is 49.0 Å². The van der Waals surface area contributed by atoms with Gasteiger partial charge < -0.3 is 24.8 Å². The summed E-state index contributed by atoms with van der Waals surface area (Å²) in [6, 6.07) is 12.2. The van der Waals surface area contributed by atoms with Gasteiger partial charge in [-0.25, -0.2) is 19.3 Å². The normalized spacial score (nSPS) is 16.4. The quantitative estimate of drug-likeness (QED) is 0.286. The average Bonchev–Trinajstić information content (AvgIpc) is 3.46. The number of benzene rings is 1. The zero-order valence-corrected chi connectivity index (χ0v) is 24.7. The molecule has 0 saturated carbocycles. The first-order chi connectivity index (χ1) is 20.0. The van der Waals surface area contributed by atoms with Crippen LogP contribution in [0.2, 0.25) is 0 Å². The molecule has 0 bridgehead atoms. The number of hydrogen-bond donors (Lipinski definition) is 2. The number of aliphatic hydroxyl groups is 1. The molecule has 6 rings (SSSR count). The number of pyridine rings is 1. The molecule has 1 aliphatic rings. The van der Waals surface area contributed by atoms with Crippen molar-refractivity contribution in [3.8, 4) is 5.82 Å². The maximum Gasteiger partial charge on any atom is 0.278 e. The number of aromatic nitrogens is 6. The van der Waals surface area contributed by atoms with E-state index in [2.05, 4.69) is 74.6 Å². The lowest BCUT2D eigenvalue weighted by Crippen LogP contribution is -2.50. The van der Waals surface area contributed by atoms with Crippen LogP contribution in [0.4, 0.5) is 17.3 Å². The van der Waals surface area contributed by atoms with Crippen LogP contribution in [-0.4, -0.2) is 71.6 Å². The molecule has 0 unspecified atom stereocenters. The Morgan fingerprint density at radius 3 is 2.69 bits per heavy atom. The van der Waals surface area contributed by atoms with Crippen LogP contribution in [-0.2, 0) is 19.2 Å². The van der Waals surface area contributed by atoms with E-state index in [1.807, 2.05) is 7.05 Å². The van der Waals surface area contributed by atoms with E-state index in [9.17, 15) is 9.90 Å². The first-order valence-electron chi connectivity index (χ1n) is 14.2. The van der Waals surface area contributed by atoms with Crippen molar-refractivity contribution in [2.45, 2.75) is 39.0 Å².